The summed E-state index contributed by atoms with van der Waals surface area (Å²) in [7, 11) is 0. The summed E-state index contributed by atoms with van der Waals surface area (Å²) in [5.74, 6) is 0.977. The van der Waals surface area contributed by atoms with Crippen LogP contribution in [0.5, 0.6) is 0 Å². The average Bonchev–Trinajstić information content (AvgIpc) is 2.41. The maximum atomic E-state index is 5.90. The van der Waals surface area contributed by atoms with E-state index < -0.39 is 0 Å². The summed E-state index contributed by atoms with van der Waals surface area (Å²) in [6, 6.07) is 8.01. The Morgan fingerprint density at radius 3 is 2.80 bits per heavy atom. The first-order valence-electron chi connectivity index (χ1n) is 6.36. The van der Waals surface area contributed by atoms with Gasteiger partial charge in [-0.05, 0) is 36.4 Å². The Morgan fingerprint density at radius 1 is 1.35 bits per heavy atom. The number of thiocarbonyl (C=S) groups is 1. The largest absolute Gasteiger partial charge is 0.389 e. The molecule has 0 radical (unpaired) electrons. The third-order valence-corrected chi connectivity index (χ3v) is 4.02. The predicted octanol–water partition coefficient (Wildman–Crippen LogP) is 3.88. The standard InChI is InChI=1S/C15H17N3S2/c1-3-20-13-6-4-5-11(14(13)15(16)19)18-12-9-17-8-7-10(12)2/h4-9,18H,3H2,1-2H3,(H2,16,19). The number of thioether (sulfide) groups is 1. The van der Waals surface area contributed by atoms with E-state index in [-0.39, 0.29) is 0 Å². The fraction of sp³-hybridized carbons (Fsp3) is 0.200. The minimum Gasteiger partial charge on any atom is -0.389 e. The fourth-order valence-corrected chi connectivity index (χ4v) is 3.04. The highest BCUT2D eigenvalue weighted by molar-refractivity contribution is 7.99. The van der Waals surface area contributed by atoms with Gasteiger partial charge in [0.2, 0.25) is 0 Å². The second kappa shape index (κ2) is 6.72. The number of rotatable bonds is 5. The molecule has 0 aliphatic carbocycles. The van der Waals surface area contributed by atoms with Crippen LogP contribution in [0.15, 0.2) is 41.6 Å². The summed E-state index contributed by atoms with van der Waals surface area (Å²) in [5.41, 5.74) is 9.81. The van der Waals surface area contributed by atoms with Crippen LogP contribution in [0.25, 0.3) is 0 Å². The summed E-state index contributed by atoms with van der Waals surface area (Å²) in [4.78, 5) is 5.65. The Morgan fingerprint density at radius 2 is 2.15 bits per heavy atom. The number of nitrogens with one attached hydrogen (secondary N) is 1. The lowest BCUT2D eigenvalue weighted by Crippen LogP contribution is -2.13. The highest BCUT2D eigenvalue weighted by Crippen LogP contribution is 2.31. The van der Waals surface area contributed by atoms with Crippen LogP contribution in [-0.4, -0.2) is 15.7 Å². The van der Waals surface area contributed by atoms with Crippen molar-refractivity contribution < 1.29 is 0 Å². The molecule has 3 N–H and O–H groups in total. The molecule has 1 aromatic heterocycles. The normalized spacial score (nSPS) is 10.3. The molecule has 0 aliphatic heterocycles. The summed E-state index contributed by atoms with van der Waals surface area (Å²) in [5, 5.41) is 3.38. The molecule has 104 valence electrons. The van der Waals surface area contributed by atoms with Crippen LogP contribution in [-0.2, 0) is 0 Å². The summed E-state index contributed by atoms with van der Waals surface area (Å²) in [6.45, 7) is 4.15. The van der Waals surface area contributed by atoms with Crippen LogP contribution >= 0.6 is 24.0 Å². The van der Waals surface area contributed by atoms with E-state index in [1.165, 1.54) is 0 Å². The molecule has 0 aliphatic rings. The molecule has 0 bridgehead atoms. The van der Waals surface area contributed by atoms with Gasteiger partial charge in [-0.2, -0.15) is 0 Å². The zero-order chi connectivity index (χ0) is 14.5. The lowest BCUT2D eigenvalue weighted by molar-refractivity contribution is 1.27. The van der Waals surface area contributed by atoms with Gasteiger partial charge in [-0.25, -0.2) is 0 Å². The third-order valence-electron chi connectivity index (χ3n) is 2.88. The van der Waals surface area contributed by atoms with E-state index in [1.54, 1.807) is 24.2 Å². The number of hydrogen-bond acceptors (Lipinski definition) is 4. The summed E-state index contributed by atoms with van der Waals surface area (Å²) in [6.07, 6.45) is 3.58. The molecular weight excluding hydrogens is 286 g/mol. The molecular formula is C15H17N3S2. The lowest BCUT2D eigenvalue weighted by atomic mass is 10.1. The molecule has 0 unspecified atom stereocenters. The van der Waals surface area contributed by atoms with Gasteiger partial charge >= 0.3 is 0 Å². The molecule has 2 aromatic rings. The van der Waals surface area contributed by atoms with Crippen molar-refractivity contribution in [3.8, 4) is 0 Å². The number of anilines is 2. The number of nitrogens with zero attached hydrogens (tertiary/aromatic N) is 1. The van der Waals surface area contributed by atoms with Crippen molar-refractivity contribution in [2.24, 2.45) is 5.73 Å². The van der Waals surface area contributed by atoms with E-state index in [0.717, 1.165) is 33.2 Å². The van der Waals surface area contributed by atoms with Crippen LogP contribution in [0.3, 0.4) is 0 Å². The van der Waals surface area contributed by atoms with Crippen LogP contribution in [0.4, 0.5) is 11.4 Å². The first-order valence-corrected chi connectivity index (χ1v) is 7.76. The molecule has 1 heterocycles. The van der Waals surface area contributed by atoms with Gasteiger partial charge in [0.25, 0.3) is 0 Å². The van der Waals surface area contributed by atoms with Crippen LogP contribution in [0.1, 0.15) is 18.1 Å². The van der Waals surface area contributed by atoms with Crippen molar-refractivity contribution in [3.63, 3.8) is 0 Å². The van der Waals surface area contributed by atoms with Crippen LogP contribution < -0.4 is 11.1 Å². The number of aryl methyl sites for hydroxylation is 1. The molecule has 1 aromatic carbocycles. The maximum Gasteiger partial charge on any atom is 0.107 e. The van der Waals surface area contributed by atoms with Gasteiger partial charge in [0.05, 0.1) is 11.9 Å². The fourth-order valence-electron chi connectivity index (χ4n) is 1.91. The summed E-state index contributed by atoms with van der Waals surface area (Å²) >= 11 is 6.95. The van der Waals surface area contributed by atoms with Gasteiger partial charge in [0, 0.05) is 22.3 Å². The van der Waals surface area contributed by atoms with Crippen molar-refractivity contribution in [2.45, 2.75) is 18.7 Å². The highest BCUT2D eigenvalue weighted by atomic mass is 32.2. The molecule has 0 atom stereocenters. The number of aromatic nitrogens is 1. The Balaban J connectivity index is 2.44. The topological polar surface area (TPSA) is 50.9 Å². The number of hydrogen-bond donors (Lipinski definition) is 2. The van der Waals surface area contributed by atoms with Crippen LogP contribution in [0, 0.1) is 6.92 Å². The molecule has 0 saturated carbocycles. The van der Waals surface area contributed by atoms with Gasteiger partial charge in [-0.3, -0.25) is 4.98 Å². The quantitative estimate of drug-likeness (QED) is 0.648. The van der Waals surface area contributed by atoms with E-state index in [0.29, 0.717) is 4.99 Å². The Labute approximate surface area is 129 Å². The minimum absolute atomic E-state index is 0.408. The molecule has 0 spiro atoms. The zero-order valence-corrected chi connectivity index (χ0v) is 13.1. The lowest BCUT2D eigenvalue weighted by Gasteiger charge is -2.15. The highest BCUT2D eigenvalue weighted by Gasteiger charge is 2.12. The third kappa shape index (κ3) is 3.29. The molecule has 3 nitrogen and oxygen atoms in total. The number of pyridine rings is 1. The van der Waals surface area contributed by atoms with Gasteiger partial charge in [-0.1, -0.05) is 25.2 Å². The van der Waals surface area contributed by atoms with Crippen LogP contribution in [0.2, 0.25) is 0 Å². The van der Waals surface area contributed by atoms with E-state index in [4.69, 9.17) is 18.0 Å². The van der Waals surface area contributed by atoms with Crippen molar-refractivity contribution in [2.75, 3.05) is 11.1 Å². The van der Waals surface area contributed by atoms with Gasteiger partial charge in [-0.15, -0.1) is 11.8 Å². The molecule has 2 rings (SSSR count). The minimum atomic E-state index is 0.408. The molecule has 0 saturated heterocycles. The van der Waals surface area contributed by atoms with Gasteiger partial charge < -0.3 is 11.1 Å². The van der Waals surface area contributed by atoms with Crippen molar-refractivity contribution in [1.29, 1.82) is 0 Å². The van der Waals surface area contributed by atoms with Gasteiger partial charge in [0.15, 0.2) is 0 Å². The molecule has 0 amide bonds. The van der Waals surface area contributed by atoms with Gasteiger partial charge in [0.1, 0.15) is 4.99 Å². The predicted molar refractivity (Wildman–Crippen MR) is 91.0 cm³/mol. The van der Waals surface area contributed by atoms with Crippen molar-refractivity contribution >= 4 is 40.3 Å². The van der Waals surface area contributed by atoms with E-state index in [1.807, 2.05) is 31.2 Å². The average molecular weight is 303 g/mol. The first kappa shape index (κ1) is 14.8. The van der Waals surface area contributed by atoms with E-state index in [2.05, 4.69) is 17.2 Å². The van der Waals surface area contributed by atoms with E-state index in [9.17, 15) is 0 Å². The second-order valence-corrected chi connectivity index (χ2v) is 6.04. The Hall–Kier alpha value is -1.59. The Kier molecular flexibility index (Phi) is 4.98. The van der Waals surface area contributed by atoms with Crippen molar-refractivity contribution in [3.05, 3.63) is 47.8 Å². The zero-order valence-electron chi connectivity index (χ0n) is 11.5. The monoisotopic (exact) mass is 303 g/mol. The molecule has 0 fully saturated rings. The SMILES string of the molecule is CCSc1cccc(Nc2cnccc2C)c1C(N)=S. The second-order valence-electron chi connectivity index (χ2n) is 4.29. The van der Waals surface area contributed by atoms with E-state index >= 15 is 0 Å². The summed E-state index contributed by atoms with van der Waals surface area (Å²) < 4.78 is 0. The molecule has 20 heavy (non-hydrogen) atoms. The number of benzene rings is 1. The first-order chi connectivity index (χ1) is 9.63. The molecule has 5 heteroatoms. The maximum absolute atomic E-state index is 5.90. The Bertz CT molecular complexity index is 626. The van der Waals surface area contributed by atoms with Crippen molar-refractivity contribution in [1.82, 2.24) is 4.98 Å². The smallest absolute Gasteiger partial charge is 0.107 e. The number of nitrogens with two attached hydrogens (primary N) is 1.